The summed E-state index contributed by atoms with van der Waals surface area (Å²) in [6.45, 7) is 9.51. The van der Waals surface area contributed by atoms with Crippen LogP contribution in [0.25, 0.3) is 0 Å². The molecule has 0 atom stereocenters. The Balaban J connectivity index is 2.42. The van der Waals surface area contributed by atoms with E-state index in [2.05, 4.69) is 20.8 Å². The van der Waals surface area contributed by atoms with Gasteiger partial charge in [0, 0.05) is 39.8 Å². The van der Waals surface area contributed by atoms with E-state index in [1.54, 1.807) is 9.80 Å². The summed E-state index contributed by atoms with van der Waals surface area (Å²) in [5.41, 5.74) is 0.0789. The molecule has 2 amide bonds. The lowest BCUT2D eigenvalue weighted by Gasteiger charge is -2.37. The molecule has 0 unspecified atom stereocenters. The van der Waals surface area contributed by atoms with Crippen LogP contribution < -0.4 is 0 Å². The number of amides is 2. The van der Waals surface area contributed by atoms with Crippen LogP contribution in [0.2, 0.25) is 0 Å². The molecule has 6 nitrogen and oxygen atoms in total. The zero-order valence-electron chi connectivity index (χ0n) is 12.3. The molecule has 110 valence electrons. The highest BCUT2D eigenvalue weighted by atomic mass is 16.4. The van der Waals surface area contributed by atoms with E-state index in [1.807, 2.05) is 11.9 Å². The van der Waals surface area contributed by atoms with Crippen molar-refractivity contribution < 1.29 is 14.7 Å². The van der Waals surface area contributed by atoms with E-state index in [0.29, 0.717) is 32.7 Å². The van der Waals surface area contributed by atoms with Gasteiger partial charge in [0.1, 0.15) is 0 Å². The molecule has 1 aliphatic rings. The predicted molar refractivity (Wildman–Crippen MR) is 73.1 cm³/mol. The zero-order chi connectivity index (χ0) is 14.6. The van der Waals surface area contributed by atoms with Crippen LogP contribution in [0.3, 0.4) is 0 Å². The van der Waals surface area contributed by atoms with Crippen molar-refractivity contribution in [3.05, 3.63) is 0 Å². The van der Waals surface area contributed by atoms with Gasteiger partial charge in [-0.05, 0) is 5.41 Å². The van der Waals surface area contributed by atoms with Crippen molar-refractivity contribution in [3.8, 4) is 0 Å². The van der Waals surface area contributed by atoms with Crippen molar-refractivity contribution in [2.75, 3.05) is 46.3 Å². The molecule has 0 bridgehead atoms. The summed E-state index contributed by atoms with van der Waals surface area (Å²) in [5.74, 6) is -0.815. The van der Waals surface area contributed by atoms with Gasteiger partial charge in [0.05, 0.1) is 6.54 Å². The lowest BCUT2D eigenvalue weighted by atomic mass is 9.96. The van der Waals surface area contributed by atoms with Gasteiger partial charge >= 0.3 is 12.0 Å². The Labute approximate surface area is 115 Å². The fourth-order valence-corrected chi connectivity index (χ4v) is 2.31. The molecule has 1 saturated heterocycles. The molecule has 1 rings (SSSR count). The molecule has 1 aliphatic heterocycles. The van der Waals surface area contributed by atoms with Gasteiger partial charge < -0.3 is 14.9 Å². The van der Waals surface area contributed by atoms with E-state index in [-0.39, 0.29) is 18.0 Å². The number of carbonyl (C=O) groups is 2. The average molecular weight is 271 g/mol. The Morgan fingerprint density at radius 3 is 2.11 bits per heavy atom. The molecule has 1 heterocycles. The van der Waals surface area contributed by atoms with Crippen molar-refractivity contribution in [1.29, 1.82) is 0 Å². The number of aliphatic carboxylic acids is 1. The van der Waals surface area contributed by atoms with Crippen LogP contribution in [-0.2, 0) is 4.79 Å². The van der Waals surface area contributed by atoms with Crippen LogP contribution >= 0.6 is 0 Å². The van der Waals surface area contributed by atoms with E-state index in [4.69, 9.17) is 5.11 Å². The topological polar surface area (TPSA) is 64.1 Å². The number of hydrogen-bond donors (Lipinski definition) is 1. The van der Waals surface area contributed by atoms with E-state index in [9.17, 15) is 9.59 Å². The second-order valence-corrected chi connectivity index (χ2v) is 6.36. The van der Waals surface area contributed by atoms with Crippen LogP contribution in [0, 0.1) is 5.41 Å². The van der Waals surface area contributed by atoms with Crippen LogP contribution in [-0.4, -0.2) is 78.1 Å². The minimum absolute atomic E-state index is 0.0323. The normalized spacial score (nSPS) is 17.4. The van der Waals surface area contributed by atoms with Crippen LogP contribution in [0.5, 0.6) is 0 Å². The molecule has 0 saturated carbocycles. The highest BCUT2D eigenvalue weighted by Crippen LogP contribution is 2.15. The predicted octanol–water partition coefficient (Wildman–Crippen LogP) is 0.786. The zero-order valence-corrected chi connectivity index (χ0v) is 12.3. The molecule has 0 aromatic carbocycles. The summed E-state index contributed by atoms with van der Waals surface area (Å²) in [6, 6.07) is 0.0323. The smallest absolute Gasteiger partial charge is 0.319 e. The van der Waals surface area contributed by atoms with Gasteiger partial charge in [0.25, 0.3) is 0 Å². The summed E-state index contributed by atoms with van der Waals surface area (Å²) in [6.07, 6.45) is 0. The van der Waals surface area contributed by atoms with E-state index < -0.39 is 5.97 Å². The summed E-state index contributed by atoms with van der Waals surface area (Å²) in [4.78, 5) is 28.2. The maximum Gasteiger partial charge on any atom is 0.319 e. The highest BCUT2D eigenvalue weighted by Gasteiger charge is 2.26. The van der Waals surface area contributed by atoms with Crippen LogP contribution in [0.1, 0.15) is 20.8 Å². The first-order valence-corrected chi connectivity index (χ1v) is 6.63. The monoisotopic (exact) mass is 271 g/mol. The molecule has 0 aromatic heterocycles. The number of carboxylic acids is 1. The summed E-state index contributed by atoms with van der Waals surface area (Å²) >= 11 is 0. The number of carboxylic acid groups (broad SMARTS) is 1. The summed E-state index contributed by atoms with van der Waals surface area (Å²) < 4.78 is 0. The lowest BCUT2D eigenvalue weighted by Crippen LogP contribution is -2.53. The average Bonchev–Trinajstić information content (AvgIpc) is 2.26. The second-order valence-electron chi connectivity index (χ2n) is 6.36. The van der Waals surface area contributed by atoms with Crippen molar-refractivity contribution in [3.63, 3.8) is 0 Å². The van der Waals surface area contributed by atoms with E-state index in [0.717, 1.165) is 0 Å². The van der Waals surface area contributed by atoms with E-state index in [1.165, 1.54) is 0 Å². The Morgan fingerprint density at radius 1 is 1.16 bits per heavy atom. The van der Waals surface area contributed by atoms with Gasteiger partial charge in [-0.2, -0.15) is 0 Å². The first kappa shape index (κ1) is 15.8. The molecule has 0 aromatic rings. The third-order valence-electron chi connectivity index (χ3n) is 3.04. The fourth-order valence-electron chi connectivity index (χ4n) is 2.31. The number of carbonyl (C=O) groups excluding carboxylic acids is 1. The first-order valence-electron chi connectivity index (χ1n) is 6.63. The SMILES string of the molecule is CN(CC(C)(C)C)C(=O)N1CCN(CC(=O)O)CC1. The number of piperazine rings is 1. The molecule has 0 radical (unpaired) electrons. The van der Waals surface area contributed by atoms with Gasteiger partial charge in [0.2, 0.25) is 0 Å². The van der Waals surface area contributed by atoms with Gasteiger partial charge in [-0.15, -0.1) is 0 Å². The lowest BCUT2D eigenvalue weighted by molar-refractivity contribution is -0.138. The quantitative estimate of drug-likeness (QED) is 0.824. The molecule has 19 heavy (non-hydrogen) atoms. The Morgan fingerprint density at radius 2 is 1.68 bits per heavy atom. The van der Waals surface area contributed by atoms with Gasteiger partial charge in [-0.3, -0.25) is 9.69 Å². The summed E-state index contributed by atoms with van der Waals surface area (Å²) in [7, 11) is 1.82. The third kappa shape index (κ3) is 5.46. The van der Waals surface area contributed by atoms with Crippen LogP contribution in [0.15, 0.2) is 0 Å². The standard InChI is InChI=1S/C13H25N3O3/c1-13(2,3)10-14(4)12(19)16-7-5-15(6-8-16)9-11(17)18/h5-10H2,1-4H3,(H,17,18). The maximum atomic E-state index is 12.2. The molecule has 1 fully saturated rings. The third-order valence-corrected chi connectivity index (χ3v) is 3.04. The Bertz CT molecular complexity index is 331. The number of urea groups is 1. The second kappa shape index (κ2) is 6.23. The maximum absolute atomic E-state index is 12.2. The number of rotatable bonds is 3. The number of hydrogen-bond acceptors (Lipinski definition) is 3. The molecule has 6 heteroatoms. The highest BCUT2D eigenvalue weighted by molar-refractivity contribution is 5.74. The van der Waals surface area contributed by atoms with Crippen molar-refractivity contribution in [1.82, 2.24) is 14.7 Å². The Kier molecular flexibility index (Phi) is 5.17. The number of nitrogens with zero attached hydrogens (tertiary/aromatic N) is 3. The molecular weight excluding hydrogens is 246 g/mol. The minimum Gasteiger partial charge on any atom is -0.480 e. The molecule has 1 N–H and O–H groups in total. The van der Waals surface area contributed by atoms with Crippen molar-refractivity contribution in [2.45, 2.75) is 20.8 Å². The Hall–Kier alpha value is -1.30. The van der Waals surface area contributed by atoms with Crippen molar-refractivity contribution in [2.24, 2.45) is 5.41 Å². The first-order chi connectivity index (χ1) is 8.69. The fraction of sp³-hybridized carbons (Fsp3) is 0.846. The largest absolute Gasteiger partial charge is 0.480 e. The molecular formula is C13H25N3O3. The molecule has 0 spiro atoms. The van der Waals surface area contributed by atoms with Crippen LogP contribution in [0.4, 0.5) is 4.79 Å². The van der Waals surface area contributed by atoms with Gasteiger partial charge in [-0.25, -0.2) is 4.79 Å². The van der Waals surface area contributed by atoms with Crippen molar-refractivity contribution >= 4 is 12.0 Å². The van der Waals surface area contributed by atoms with Gasteiger partial charge in [-0.1, -0.05) is 20.8 Å². The minimum atomic E-state index is -0.815. The molecule has 0 aliphatic carbocycles. The van der Waals surface area contributed by atoms with E-state index >= 15 is 0 Å². The summed E-state index contributed by atoms with van der Waals surface area (Å²) in [5, 5.41) is 8.73. The van der Waals surface area contributed by atoms with Gasteiger partial charge in [0.15, 0.2) is 0 Å².